The molecule has 3 aliphatic rings. The number of pyridine rings is 1. The Morgan fingerprint density at radius 2 is 1.97 bits per heavy atom. The van der Waals surface area contributed by atoms with Crippen molar-refractivity contribution >= 4 is 28.8 Å². The van der Waals surface area contributed by atoms with Crippen molar-refractivity contribution in [2.75, 3.05) is 25.5 Å². The number of likely N-dealkylation sites (tertiary alicyclic amines) is 1. The van der Waals surface area contributed by atoms with Crippen LogP contribution in [0.25, 0.3) is 0 Å². The van der Waals surface area contributed by atoms with Gasteiger partial charge in [0.15, 0.2) is 0 Å². The fraction of sp³-hybridized carbons (Fsp3) is 0.440. The number of thiocarbonyl (C=S) groups is 1. The molecule has 0 saturated carbocycles. The number of rotatable bonds is 4. The molecule has 5 rings (SSSR count). The fourth-order valence-corrected chi connectivity index (χ4v) is 5.00. The maximum atomic E-state index is 13.3. The predicted octanol–water partition coefficient (Wildman–Crippen LogP) is 4.38. The van der Waals surface area contributed by atoms with E-state index in [1.54, 1.807) is 6.20 Å². The summed E-state index contributed by atoms with van der Waals surface area (Å²) in [6, 6.07) is 3.06. The van der Waals surface area contributed by atoms with Gasteiger partial charge in [-0.15, -0.1) is 0 Å². The van der Waals surface area contributed by atoms with E-state index in [1.165, 1.54) is 12.2 Å². The normalized spacial score (nSPS) is 22.7. The minimum atomic E-state index is -4.42. The molecule has 1 fully saturated rings. The third kappa shape index (κ3) is 5.36. The summed E-state index contributed by atoms with van der Waals surface area (Å²) in [7, 11) is 2.11. The van der Waals surface area contributed by atoms with Crippen molar-refractivity contribution in [3.8, 4) is 5.88 Å². The quantitative estimate of drug-likeness (QED) is 0.580. The molecule has 7 nitrogen and oxygen atoms in total. The number of hydrogen-bond donors (Lipinski definition) is 2. The average Bonchev–Trinajstić information content (AvgIpc) is 2.96. The molecular formula is C25H27F3N6OS. The summed E-state index contributed by atoms with van der Waals surface area (Å²) >= 11 is 5.36. The Hall–Kier alpha value is -3.05. The summed E-state index contributed by atoms with van der Waals surface area (Å²) in [5, 5.41) is 6.24. The molecule has 190 valence electrons. The SMILES string of the molecule is Cc1nc(OC2CCN(C)CC2)ccc1Nc1ncc2c(n1)C1C=CC(C(F)(F)F)=CC1NC(=S)C2. The van der Waals surface area contributed by atoms with Gasteiger partial charge in [-0.3, -0.25) is 0 Å². The number of ether oxygens (including phenoxy) is 1. The van der Waals surface area contributed by atoms with Crippen LogP contribution in [-0.2, 0) is 6.42 Å². The highest BCUT2D eigenvalue weighted by Gasteiger charge is 2.38. The predicted molar refractivity (Wildman–Crippen MR) is 135 cm³/mol. The molecule has 2 atom stereocenters. The number of nitrogens with one attached hydrogen (secondary N) is 2. The molecule has 2 aromatic rings. The Bertz CT molecular complexity index is 1220. The van der Waals surface area contributed by atoms with Crippen LogP contribution in [0, 0.1) is 6.92 Å². The lowest BCUT2D eigenvalue weighted by atomic mass is 9.88. The Morgan fingerprint density at radius 1 is 1.19 bits per heavy atom. The number of halogens is 3. The van der Waals surface area contributed by atoms with Gasteiger partial charge in [0.25, 0.3) is 0 Å². The zero-order chi connectivity index (χ0) is 25.4. The molecule has 36 heavy (non-hydrogen) atoms. The number of nitrogens with zero attached hydrogens (tertiary/aromatic N) is 4. The Labute approximate surface area is 212 Å². The molecule has 0 spiro atoms. The molecule has 1 saturated heterocycles. The van der Waals surface area contributed by atoms with Crippen LogP contribution in [0.4, 0.5) is 24.8 Å². The Morgan fingerprint density at radius 3 is 2.69 bits per heavy atom. The Kier molecular flexibility index (Phi) is 6.69. The van der Waals surface area contributed by atoms with E-state index >= 15 is 0 Å². The maximum absolute atomic E-state index is 13.3. The van der Waals surface area contributed by atoms with Gasteiger partial charge < -0.3 is 20.3 Å². The van der Waals surface area contributed by atoms with Gasteiger partial charge in [0.2, 0.25) is 11.8 Å². The number of aryl methyl sites for hydroxylation is 1. The number of hydrogen-bond acceptors (Lipinski definition) is 7. The number of piperidine rings is 1. The summed E-state index contributed by atoms with van der Waals surface area (Å²) in [6.45, 7) is 3.88. The zero-order valence-electron chi connectivity index (χ0n) is 20.0. The highest BCUT2D eigenvalue weighted by molar-refractivity contribution is 7.80. The number of aromatic nitrogens is 3. The number of anilines is 2. The summed E-state index contributed by atoms with van der Waals surface area (Å²) in [4.78, 5) is 16.4. The second-order valence-corrected chi connectivity index (χ2v) is 9.90. The van der Waals surface area contributed by atoms with E-state index in [1.807, 2.05) is 19.1 Å². The van der Waals surface area contributed by atoms with Crippen molar-refractivity contribution in [3.05, 3.63) is 59.1 Å². The van der Waals surface area contributed by atoms with Crippen molar-refractivity contribution in [3.63, 3.8) is 0 Å². The van der Waals surface area contributed by atoms with Gasteiger partial charge in [-0.2, -0.15) is 13.2 Å². The second-order valence-electron chi connectivity index (χ2n) is 9.41. The van der Waals surface area contributed by atoms with Gasteiger partial charge in [0, 0.05) is 37.7 Å². The maximum Gasteiger partial charge on any atom is 0.416 e. The molecule has 0 bridgehead atoms. The molecule has 2 aromatic heterocycles. The molecule has 0 aromatic carbocycles. The summed E-state index contributed by atoms with van der Waals surface area (Å²) < 4.78 is 45.9. The smallest absolute Gasteiger partial charge is 0.416 e. The minimum Gasteiger partial charge on any atom is -0.474 e. The Balaban J connectivity index is 1.35. The van der Waals surface area contributed by atoms with E-state index in [4.69, 9.17) is 21.9 Å². The van der Waals surface area contributed by atoms with Crippen molar-refractivity contribution in [1.82, 2.24) is 25.2 Å². The monoisotopic (exact) mass is 516 g/mol. The first kappa shape index (κ1) is 24.6. The number of allylic oxidation sites excluding steroid dienone is 2. The first-order valence-corrected chi connectivity index (χ1v) is 12.3. The standard InChI is InChI=1S/C25H27F3N6OS/c1-14-19(5-6-21(30-14)35-17-7-9-34(2)10-8-17)32-24-29-13-15-11-22(36)31-20-12-16(25(26,27)28)3-4-18(20)23(15)33-24/h3-6,12-13,17-18,20H,7-11H2,1-2H3,(H,31,36)(H,29,32,33). The van der Waals surface area contributed by atoms with Gasteiger partial charge in [0.1, 0.15) is 6.10 Å². The summed E-state index contributed by atoms with van der Waals surface area (Å²) in [5.41, 5.74) is 2.19. The molecule has 2 aliphatic heterocycles. The van der Waals surface area contributed by atoms with Gasteiger partial charge in [0.05, 0.1) is 33.7 Å². The van der Waals surface area contributed by atoms with Crippen LogP contribution < -0.4 is 15.4 Å². The lowest BCUT2D eigenvalue weighted by Crippen LogP contribution is -2.37. The van der Waals surface area contributed by atoms with Crippen LogP contribution in [0.15, 0.2) is 42.1 Å². The number of alkyl halides is 3. The van der Waals surface area contributed by atoms with Crippen LogP contribution in [0.5, 0.6) is 5.88 Å². The van der Waals surface area contributed by atoms with Crippen LogP contribution in [-0.4, -0.2) is 63.3 Å². The molecule has 2 unspecified atom stereocenters. The fourth-order valence-electron chi connectivity index (χ4n) is 4.71. The van der Waals surface area contributed by atoms with E-state index in [0.717, 1.165) is 49.0 Å². The molecule has 4 heterocycles. The zero-order valence-corrected chi connectivity index (χ0v) is 20.8. The first-order chi connectivity index (χ1) is 17.2. The van der Waals surface area contributed by atoms with Crippen LogP contribution >= 0.6 is 12.2 Å². The molecule has 0 amide bonds. The van der Waals surface area contributed by atoms with E-state index in [9.17, 15) is 13.2 Å². The van der Waals surface area contributed by atoms with E-state index < -0.39 is 23.7 Å². The van der Waals surface area contributed by atoms with E-state index in [2.05, 4.69) is 32.5 Å². The third-order valence-corrected chi connectivity index (χ3v) is 6.97. The summed E-state index contributed by atoms with van der Waals surface area (Å²) in [6.07, 6.45) is 3.53. The van der Waals surface area contributed by atoms with Crippen molar-refractivity contribution in [1.29, 1.82) is 0 Å². The molecular weight excluding hydrogens is 489 g/mol. The van der Waals surface area contributed by atoms with Gasteiger partial charge in [-0.25, -0.2) is 15.0 Å². The first-order valence-electron chi connectivity index (χ1n) is 11.9. The van der Waals surface area contributed by atoms with Crippen molar-refractivity contribution in [2.45, 2.75) is 50.4 Å². The third-order valence-electron chi connectivity index (χ3n) is 6.71. The highest BCUT2D eigenvalue weighted by atomic mass is 32.1. The second kappa shape index (κ2) is 9.78. The number of fused-ring (bicyclic) bond motifs is 3. The van der Waals surface area contributed by atoms with Crippen molar-refractivity contribution in [2.24, 2.45) is 0 Å². The summed E-state index contributed by atoms with van der Waals surface area (Å²) in [5.74, 6) is 0.519. The lowest BCUT2D eigenvalue weighted by molar-refractivity contribution is -0.0888. The lowest BCUT2D eigenvalue weighted by Gasteiger charge is -2.29. The van der Waals surface area contributed by atoms with Crippen LogP contribution in [0.2, 0.25) is 0 Å². The largest absolute Gasteiger partial charge is 0.474 e. The van der Waals surface area contributed by atoms with Gasteiger partial charge in [-0.1, -0.05) is 24.4 Å². The molecule has 0 radical (unpaired) electrons. The molecule has 2 N–H and O–H groups in total. The topological polar surface area (TPSA) is 75.2 Å². The van der Waals surface area contributed by atoms with Crippen LogP contribution in [0.3, 0.4) is 0 Å². The van der Waals surface area contributed by atoms with Gasteiger partial charge in [-0.05, 0) is 44.5 Å². The van der Waals surface area contributed by atoms with Crippen molar-refractivity contribution < 1.29 is 17.9 Å². The average molecular weight is 517 g/mol. The highest BCUT2D eigenvalue weighted by Crippen LogP contribution is 2.36. The van der Waals surface area contributed by atoms with E-state index in [0.29, 0.717) is 28.9 Å². The van der Waals surface area contributed by atoms with Crippen LogP contribution in [0.1, 0.15) is 35.7 Å². The minimum absolute atomic E-state index is 0.155. The van der Waals surface area contributed by atoms with E-state index in [-0.39, 0.29) is 6.10 Å². The molecule has 1 aliphatic carbocycles. The molecule has 11 heteroatoms. The van der Waals surface area contributed by atoms with Gasteiger partial charge >= 0.3 is 6.18 Å².